The summed E-state index contributed by atoms with van der Waals surface area (Å²) in [7, 11) is 1.10. The molecule has 2 aromatic rings. The van der Waals surface area contributed by atoms with Crippen molar-refractivity contribution in [2.24, 2.45) is 17.8 Å². The summed E-state index contributed by atoms with van der Waals surface area (Å²) in [6.45, 7) is 3.50. The molecule has 0 bridgehead atoms. The van der Waals surface area contributed by atoms with E-state index in [0.29, 0.717) is 76.3 Å². The first-order valence-electron chi connectivity index (χ1n) is 19.7. The number of aliphatic hydroxyl groups is 3. The fraction of sp³-hybridized carbons (Fsp3) is 0.667. The van der Waals surface area contributed by atoms with Gasteiger partial charge in [-0.25, -0.2) is 14.4 Å². The number of amides is 2. The minimum atomic E-state index is -1.73. The maximum atomic E-state index is 12.1. The lowest BCUT2D eigenvalue weighted by Gasteiger charge is -2.38. The van der Waals surface area contributed by atoms with E-state index in [-0.39, 0.29) is 58.5 Å². The van der Waals surface area contributed by atoms with E-state index < -0.39 is 48.9 Å². The third-order valence-corrected chi connectivity index (χ3v) is 11.3. The average Bonchev–Trinajstić information content (AvgIpc) is 3.70. The van der Waals surface area contributed by atoms with E-state index >= 15 is 0 Å². The Labute approximate surface area is 363 Å². The molecule has 5 rings (SSSR count). The number of alkyl carbamates (subject to hydrolysis) is 2. The fourth-order valence-electron chi connectivity index (χ4n) is 6.82. The molecular formula is C39H53Br2N3O16. The molecule has 19 nitrogen and oxygen atoms in total. The van der Waals surface area contributed by atoms with Crippen LogP contribution in [-0.4, -0.2) is 162 Å². The van der Waals surface area contributed by atoms with Crippen LogP contribution in [0.3, 0.4) is 0 Å². The highest BCUT2D eigenvalue weighted by molar-refractivity contribution is 9.11. The van der Waals surface area contributed by atoms with Crippen LogP contribution in [0.5, 0.6) is 11.5 Å². The van der Waals surface area contributed by atoms with Gasteiger partial charge in [-0.2, -0.15) is 0 Å². The van der Waals surface area contributed by atoms with Crippen LogP contribution >= 0.6 is 31.9 Å². The number of aromatic nitrogens is 1. The molecule has 60 heavy (non-hydrogen) atoms. The smallest absolute Gasteiger partial charge is 0.407 e. The van der Waals surface area contributed by atoms with Gasteiger partial charge in [0.15, 0.2) is 6.10 Å². The molecule has 2 heterocycles. The van der Waals surface area contributed by atoms with Crippen LogP contribution in [0.1, 0.15) is 25.7 Å². The number of aliphatic hydroxyl groups excluding tert-OH is 3. The highest BCUT2D eigenvalue weighted by Gasteiger charge is 2.50. The number of nitrogens with one attached hydrogen (secondary N) is 3. The number of methoxy groups -OCH3 is 1. The predicted molar refractivity (Wildman–Crippen MR) is 217 cm³/mol. The topological polar surface area (TPSA) is 244 Å². The van der Waals surface area contributed by atoms with E-state index in [1.54, 1.807) is 6.07 Å². The van der Waals surface area contributed by atoms with Crippen molar-refractivity contribution in [1.82, 2.24) is 15.6 Å². The van der Waals surface area contributed by atoms with Crippen molar-refractivity contribution in [3.63, 3.8) is 0 Å². The SMILES string of the molecule is COC(=O)[C@H]1O[C@@H](Oc2c[nH]c3cc(Br)c(OCCOCCOCCOC(=O)NCCOCCOCCNC(=O)OCC4C5CCC#CCC[C@@H]54)c(Br)c23)[C@H](O)[C@@H](O)[C@@H]1O. The van der Waals surface area contributed by atoms with Crippen molar-refractivity contribution >= 4 is 60.9 Å². The number of hydrogen-bond donors (Lipinski definition) is 6. The van der Waals surface area contributed by atoms with E-state index in [2.05, 4.69) is 64.1 Å². The second kappa shape index (κ2) is 24.9. The molecule has 1 aliphatic heterocycles. The Morgan fingerprint density at radius 3 is 2.02 bits per heavy atom. The molecule has 1 aromatic heterocycles. The highest BCUT2D eigenvalue weighted by atomic mass is 79.9. The van der Waals surface area contributed by atoms with Crippen molar-refractivity contribution in [3.8, 4) is 23.3 Å². The summed E-state index contributed by atoms with van der Waals surface area (Å²) >= 11 is 7.03. The summed E-state index contributed by atoms with van der Waals surface area (Å²) < 4.78 is 55.4. The lowest BCUT2D eigenvalue weighted by Crippen LogP contribution is -2.61. The Kier molecular flexibility index (Phi) is 19.7. The fourth-order valence-corrected chi connectivity index (χ4v) is 8.37. The van der Waals surface area contributed by atoms with Gasteiger partial charge >= 0.3 is 18.2 Å². The lowest BCUT2D eigenvalue weighted by molar-refractivity contribution is -0.271. The van der Waals surface area contributed by atoms with Crippen LogP contribution in [-0.2, 0) is 42.7 Å². The molecule has 2 aliphatic carbocycles. The number of esters is 1. The highest BCUT2D eigenvalue weighted by Crippen LogP contribution is 2.52. The molecular weight excluding hydrogens is 926 g/mol. The van der Waals surface area contributed by atoms with Crippen molar-refractivity contribution in [2.45, 2.75) is 56.4 Å². The molecule has 1 saturated heterocycles. The normalized spacial score (nSPS) is 24.5. The van der Waals surface area contributed by atoms with Gasteiger partial charge in [-0.05, 0) is 68.5 Å². The first-order valence-corrected chi connectivity index (χ1v) is 21.3. The average molecular weight is 980 g/mol. The van der Waals surface area contributed by atoms with Gasteiger partial charge in [0.05, 0.1) is 86.4 Å². The molecule has 2 unspecified atom stereocenters. The van der Waals surface area contributed by atoms with E-state index in [9.17, 15) is 29.7 Å². The molecule has 0 spiro atoms. The number of fused-ring (bicyclic) bond motifs is 2. The van der Waals surface area contributed by atoms with Gasteiger partial charge in [0.25, 0.3) is 0 Å². The molecule has 2 amide bonds. The Morgan fingerprint density at radius 2 is 1.38 bits per heavy atom. The first kappa shape index (κ1) is 47.6. The zero-order valence-corrected chi connectivity index (χ0v) is 36.4. The third kappa shape index (κ3) is 14.1. The van der Waals surface area contributed by atoms with Gasteiger partial charge in [-0.3, -0.25) is 0 Å². The first-order chi connectivity index (χ1) is 29.1. The molecule has 2 fully saturated rings. The molecule has 3 aliphatic rings. The number of benzene rings is 1. The molecule has 1 aromatic carbocycles. The number of aromatic amines is 1. The maximum absolute atomic E-state index is 12.1. The predicted octanol–water partition coefficient (Wildman–Crippen LogP) is 2.39. The lowest BCUT2D eigenvalue weighted by atomic mass is 9.99. The van der Waals surface area contributed by atoms with Gasteiger partial charge in [-0.1, -0.05) is 0 Å². The molecule has 1 saturated carbocycles. The summed E-state index contributed by atoms with van der Waals surface area (Å²) in [5.74, 6) is 7.79. The minimum absolute atomic E-state index is 0.0535. The summed E-state index contributed by atoms with van der Waals surface area (Å²) in [6, 6.07) is 1.75. The third-order valence-electron chi connectivity index (χ3n) is 9.98. The maximum Gasteiger partial charge on any atom is 0.407 e. The van der Waals surface area contributed by atoms with Crippen LogP contribution in [0.15, 0.2) is 21.2 Å². The monoisotopic (exact) mass is 977 g/mol. The van der Waals surface area contributed by atoms with Crippen LogP contribution in [0, 0.1) is 29.6 Å². The summed E-state index contributed by atoms with van der Waals surface area (Å²) in [5.41, 5.74) is 0.623. The van der Waals surface area contributed by atoms with E-state index in [0.717, 1.165) is 32.8 Å². The van der Waals surface area contributed by atoms with E-state index in [4.69, 9.17) is 42.6 Å². The number of halogens is 2. The number of rotatable bonds is 24. The molecule has 8 atom stereocenters. The van der Waals surface area contributed by atoms with Gasteiger partial charge < -0.3 is 78.3 Å². The summed E-state index contributed by atoms with van der Waals surface area (Å²) in [4.78, 5) is 38.9. The van der Waals surface area contributed by atoms with Crippen molar-refractivity contribution in [3.05, 3.63) is 21.2 Å². The van der Waals surface area contributed by atoms with Gasteiger partial charge in [0.1, 0.15) is 43.0 Å². The zero-order chi connectivity index (χ0) is 42.9. The van der Waals surface area contributed by atoms with Crippen molar-refractivity contribution in [2.75, 3.05) is 92.9 Å². The van der Waals surface area contributed by atoms with E-state index in [1.165, 1.54) is 6.20 Å². The van der Waals surface area contributed by atoms with E-state index in [1.807, 2.05) is 0 Å². The second-order valence-corrected chi connectivity index (χ2v) is 15.6. The molecule has 6 N–H and O–H groups in total. The van der Waals surface area contributed by atoms with Crippen molar-refractivity contribution in [1.29, 1.82) is 0 Å². The zero-order valence-electron chi connectivity index (χ0n) is 33.2. The quantitative estimate of drug-likeness (QED) is 0.0383. The van der Waals surface area contributed by atoms with Crippen LogP contribution in [0.25, 0.3) is 10.9 Å². The Bertz CT molecular complexity index is 1740. The second-order valence-electron chi connectivity index (χ2n) is 13.9. The summed E-state index contributed by atoms with van der Waals surface area (Å²) in [6.07, 6.45) is -3.68. The minimum Gasteiger partial charge on any atom is -0.489 e. The largest absolute Gasteiger partial charge is 0.489 e. The molecule has 334 valence electrons. The Morgan fingerprint density at radius 1 is 0.800 bits per heavy atom. The standard InChI is InChI=1S/C39H53Br2N3O16/c1-51-36(48)35-32(46)31(45)33(47)37(60-35)59-28-21-44-27-20-26(40)34(30(41)29(27)28)56-18-16-54-14-15-55-17-19-57-38(49)42-8-10-52-12-13-53-11-9-43-39(50)58-22-25-23-6-4-2-3-5-7-24(23)25/h20-21,23-25,31-33,35,37,44-47H,4-19,22H2,1H3,(H,42,49)(H,43,50)/t23-,24?,25?,31-,32-,33+,35-,37+/m0/s1. The summed E-state index contributed by atoms with van der Waals surface area (Å²) in [5, 5.41) is 36.7. The number of H-pyrrole nitrogens is 1. The number of carbonyl (C=O) groups is 3. The Hall–Kier alpha value is -3.43. The van der Waals surface area contributed by atoms with Gasteiger partial charge in [-0.15, -0.1) is 11.8 Å². The number of carbonyl (C=O) groups excluding carboxylic acids is 3. The van der Waals surface area contributed by atoms with Crippen molar-refractivity contribution < 1.29 is 77.1 Å². The molecule has 21 heteroatoms. The van der Waals surface area contributed by atoms with Gasteiger partial charge in [0.2, 0.25) is 6.29 Å². The van der Waals surface area contributed by atoms with Gasteiger partial charge in [0, 0.05) is 32.1 Å². The number of hydrogen-bond acceptors (Lipinski definition) is 16. The van der Waals surface area contributed by atoms with Crippen LogP contribution in [0.4, 0.5) is 9.59 Å². The molecule has 0 radical (unpaired) electrons. The number of ether oxygens (including phenoxy) is 10. The Balaban J connectivity index is 0.833. The van der Waals surface area contributed by atoms with Crippen LogP contribution in [0.2, 0.25) is 0 Å². The van der Waals surface area contributed by atoms with Crippen LogP contribution < -0.4 is 20.1 Å².